The van der Waals surface area contributed by atoms with Crippen molar-refractivity contribution in [1.29, 1.82) is 0 Å². The van der Waals surface area contributed by atoms with Crippen LogP contribution in [0.2, 0.25) is 0 Å². The molecular formula is C17H24N4O2. The molecule has 2 unspecified atom stereocenters. The van der Waals surface area contributed by atoms with E-state index >= 15 is 0 Å². The summed E-state index contributed by atoms with van der Waals surface area (Å²) in [6.07, 6.45) is 2.86. The molecule has 1 aliphatic rings. The van der Waals surface area contributed by atoms with Crippen LogP contribution in [0, 0.1) is 0 Å². The minimum atomic E-state index is 0.143. The van der Waals surface area contributed by atoms with Gasteiger partial charge in [-0.15, -0.1) is 0 Å². The largest absolute Gasteiger partial charge is 0.508 e. The molecule has 0 aliphatic carbocycles. The summed E-state index contributed by atoms with van der Waals surface area (Å²) in [6, 6.07) is 8.01. The minimum absolute atomic E-state index is 0.143. The molecule has 6 nitrogen and oxygen atoms in total. The van der Waals surface area contributed by atoms with E-state index < -0.39 is 0 Å². The predicted octanol–water partition coefficient (Wildman–Crippen LogP) is 2.19. The fourth-order valence-electron chi connectivity index (χ4n) is 3.18. The van der Waals surface area contributed by atoms with Gasteiger partial charge in [0.15, 0.2) is 5.82 Å². The Hall–Kier alpha value is -1.92. The third-order valence-corrected chi connectivity index (χ3v) is 4.33. The SMILES string of the molecule is CCC(NC1CCc2nc(COC)nn2C1)c1ccccc1O. The number of nitrogens with one attached hydrogen (secondary N) is 1. The lowest BCUT2D eigenvalue weighted by Crippen LogP contribution is -2.39. The highest BCUT2D eigenvalue weighted by Crippen LogP contribution is 2.27. The molecule has 2 heterocycles. The smallest absolute Gasteiger partial charge is 0.176 e. The van der Waals surface area contributed by atoms with E-state index in [9.17, 15) is 5.11 Å². The van der Waals surface area contributed by atoms with Crippen molar-refractivity contribution in [3.05, 3.63) is 41.5 Å². The lowest BCUT2D eigenvalue weighted by molar-refractivity contribution is 0.177. The van der Waals surface area contributed by atoms with Gasteiger partial charge < -0.3 is 15.2 Å². The van der Waals surface area contributed by atoms with Crippen LogP contribution < -0.4 is 5.32 Å². The highest BCUT2D eigenvalue weighted by atomic mass is 16.5. The van der Waals surface area contributed by atoms with Gasteiger partial charge in [0, 0.05) is 31.2 Å². The quantitative estimate of drug-likeness (QED) is 0.855. The Kier molecular flexibility index (Phi) is 4.93. The fraction of sp³-hybridized carbons (Fsp3) is 0.529. The van der Waals surface area contributed by atoms with Crippen molar-refractivity contribution in [2.75, 3.05) is 7.11 Å². The van der Waals surface area contributed by atoms with Gasteiger partial charge in [-0.2, -0.15) is 5.10 Å². The van der Waals surface area contributed by atoms with Gasteiger partial charge in [-0.25, -0.2) is 9.67 Å². The van der Waals surface area contributed by atoms with Gasteiger partial charge >= 0.3 is 0 Å². The van der Waals surface area contributed by atoms with Gasteiger partial charge in [0.05, 0.1) is 6.54 Å². The Morgan fingerprint density at radius 2 is 2.26 bits per heavy atom. The van der Waals surface area contributed by atoms with Crippen LogP contribution in [0.5, 0.6) is 5.75 Å². The Labute approximate surface area is 136 Å². The summed E-state index contributed by atoms with van der Waals surface area (Å²) in [5.41, 5.74) is 0.958. The summed E-state index contributed by atoms with van der Waals surface area (Å²) in [5.74, 6) is 2.13. The monoisotopic (exact) mass is 316 g/mol. The van der Waals surface area contributed by atoms with Crippen LogP contribution in [0.1, 0.15) is 43.0 Å². The second kappa shape index (κ2) is 7.10. The number of methoxy groups -OCH3 is 1. The maximum Gasteiger partial charge on any atom is 0.176 e. The number of hydrogen-bond acceptors (Lipinski definition) is 5. The van der Waals surface area contributed by atoms with E-state index in [1.807, 2.05) is 22.9 Å². The summed E-state index contributed by atoms with van der Waals surface area (Å²) in [7, 11) is 1.66. The number of ether oxygens (including phenoxy) is 1. The lowest BCUT2D eigenvalue weighted by Gasteiger charge is -2.28. The zero-order valence-corrected chi connectivity index (χ0v) is 13.7. The standard InChI is InChI=1S/C17H24N4O2/c1-3-14(13-6-4-5-7-15(13)22)18-12-8-9-17-19-16(11-23-2)20-21(17)10-12/h4-7,12,14,18,22H,3,8-11H2,1-2H3. The van der Waals surface area contributed by atoms with E-state index in [4.69, 9.17) is 4.74 Å². The second-order valence-corrected chi connectivity index (χ2v) is 5.98. The molecule has 3 rings (SSSR count). The first kappa shape index (κ1) is 16.0. The van der Waals surface area contributed by atoms with Gasteiger partial charge in [-0.1, -0.05) is 25.1 Å². The maximum absolute atomic E-state index is 10.1. The zero-order chi connectivity index (χ0) is 16.2. The third-order valence-electron chi connectivity index (χ3n) is 4.33. The molecule has 1 aliphatic heterocycles. The minimum Gasteiger partial charge on any atom is -0.508 e. The van der Waals surface area contributed by atoms with Crippen molar-refractivity contribution in [1.82, 2.24) is 20.1 Å². The Balaban J connectivity index is 1.69. The number of rotatable bonds is 6. The van der Waals surface area contributed by atoms with E-state index in [2.05, 4.69) is 22.3 Å². The number of para-hydroxylation sites is 1. The number of phenolic OH excluding ortho intramolecular Hbond substituents is 1. The van der Waals surface area contributed by atoms with Gasteiger partial charge in [0.25, 0.3) is 0 Å². The summed E-state index contributed by atoms with van der Waals surface area (Å²) in [5, 5.41) is 18.3. The van der Waals surface area contributed by atoms with Crippen LogP contribution in [-0.4, -0.2) is 33.0 Å². The fourth-order valence-corrected chi connectivity index (χ4v) is 3.18. The summed E-state index contributed by atoms with van der Waals surface area (Å²) < 4.78 is 7.08. The zero-order valence-electron chi connectivity index (χ0n) is 13.7. The molecule has 0 saturated heterocycles. The van der Waals surface area contributed by atoms with Gasteiger partial charge in [0.1, 0.15) is 18.2 Å². The number of nitrogens with zero attached hydrogens (tertiary/aromatic N) is 3. The lowest BCUT2D eigenvalue weighted by atomic mass is 10.00. The Morgan fingerprint density at radius 1 is 1.43 bits per heavy atom. The molecule has 2 aromatic rings. The van der Waals surface area contributed by atoms with Crippen LogP contribution in [-0.2, 0) is 24.3 Å². The average molecular weight is 316 g/mol. The van der Waals surface area contributed by atoms with Crippen LogP contribution in [0.3, 0.4) is 0 Å². The van der Waals surface area contributed by atoms with Crippen molar-refractivity contribution in [3.63, 3.8) is 0 Å². The van der Waals surface area contributed by atoms with Crippen LogP contribution >= 0.6 is 0 Å². The summed E-state index contributed by atoms with van der Waals surface area (Å²) in [6.45, 7) is 3.38. The molecule has 1 aromatic heterocycles. The van der Waals surface area contributed by atoms with E-state index in [0.717, 1.165) is 43.0 Å². The van der Waals surface area contributed by atoms with E-state index in [0.29, 0.717) is 18.4 Å². The molecule has 6 heteroatoms. The molecule has 0 saturated carbocycles. The Morgan fingerprint density at radius 3 is 3.00 bits per heavy atom. The number of hydrogen-bond donors (Lipinski definition) is 2. The van der Waals surface area contributed by atoms with E-state index in [1.54, 1.807) is 13.2 Å². The highest BCUT2D eigenvalue weighted by molar-refractivity contribution is 5.34. The molecule has 2 atom stereocenters. The van der Waals surface area contributed by atoms with Crippen molar-refractivity contribution in [3.8, 4) is 5.75 Å². The highest BCUT2D eigenvalue weighted by Gasteiger charge is 2.24. The number of aromatic hydroxyl groups is 1. The number of aryl methyl sites for hydroxylation is 1. The number of phenols is 1. The number of benzene rings is 1. The first-order valence-electron chi connectivity index (χ1n) is 8.16. The molecule has 0 amide bonds. The van der Waals surface area contributed by atoms with Gasteiger partial charge in [0.2, 0.25) is 0 Å². The maximum atomic E-state index is 10.1. The van der Waals surface area contributed by atoms with Crippen LogP contribution in [0.15, 0.2) is 24.3 Å². The van der Waals surface area contributed by atoms with Crippen LogP contribution in [0.25, 0.3) is 0 Å². The second-order valence-electron chi connectivity index (χ2n) is 5.98. The topological polar surface area (TPSA) is 72.2 Å². The number of aromatic nitrogens is 3. The number of fused-ring (bicyclic) bond motifs is 1. The molecule has 23 heavy (non-hydrogen) atoms. The van der Waals surface area contributed by atoms with Crippen molar-refractivity contribution in [2.24, 2.45) is 0 Å². The van der Waals surface area contributed by atoms with E-state index in [1.165, 1.54) is 0 Å². The third kappa shape index (κ3) is 3.54. The Bertz CT molecular complexity index is 656. The van der Waals surface area contributed by atoms with Crippen molar-refractivity contribution >= 4 is 0 Å². The van der Waals surface area contributed by atoms with Crippen molar-refractivity contribution in [2.45, 2.75) is 51.4 Å². The molecule has 0 bridgehead atoms. The summed E-state index contributed by atoms with van der Waals surface area (Å²) in [4.78, 5) is 4.51. The molecular weight excluding hydrogens is 292 g/mol. The van der Waals surface area contributed by atoms with Crippen LogP contribution in [0.4, 0.5) is 0 Å². The molecule has 0 fully saturated rings. The molecule has 0 spiro atoms. The summed E-state index contributed by atoms with van der Waals surface area (Å²) >= 11 is 0. The normalized spacial score (nSPS) is 18.6. The van der Waals surface area contributed by atoms with Crippen molar-refractivity contribution < 1.29 is 9.84 Å². The average Bonchev–Trinajstić information content (AvgIpc) is 2.95. The first-order chi connectivity index (χ1) is 11.2. The molecule has 1 aromatic carbocycles. The molecule has 2 N–H and O–H groups in total. The molecule has 124 valence electrons. The predicted molar refractivity (Wildman–Crippen MR) is 87.1 cm³/mol. The molecule has 0 radical (unpaired) electrons. The first-order valence-corrected chi connectivity index (χ1v) is 8.16. The van der Waals surface area contributed by atoms with Gasteiger partial charge in [-0.05, 0) is 18.9 Å². The van der Waals surface area contributed by atoms with E-state index in [-0.39, 0.29) is 6.04 Å². The van der Waals surface area contributed by atoms with Gasteiger partial charge in [-0.3, -0.25) is 0 Å².